The Bertz CT molecular complexity index is 870. The molecule has 1 fully saturated rings. The lowest BCUT2D eigenvalue weighted by Gasteiger charge is -2.14. The molecule has 1 aliphatic rings. The van der Waals surface area contributed by atoms with Crippen LogP contribution in [0.3, 0.4) is 0 Å². The number of benzene rings is 2. The van der Waals surface area contributed by atoms with Crippen molar-refractivity contribution in [3.63, 3.8) is 0 Å². The molecule has 27 heavy (non-hydrogen) atoms. The van der Waals surface area contributed by atoms with Gasteiger partial charge in [-0.05, 0) is 48.7 Å². The fourth-order valence-electron chi connectivity index (χ4n) is 2.78. The van der Waals surface area contributed by atoms with Gasteiger partial charge in [0.25, 0.3) is 5.24 Å². The van der Waals surface area contributed by atoms with Gasteiger partial charge in [0.2, 0.25) is 5.91 Å². The Labute approximate surface area is 170 Å². The fraction of sp³-hybridized carbons (Fsp3) is 0.263. The number of amides is 2. The first-order chi connectivity index (χ1) is 12.9. The van der Waals surface area contributed by atoms with Gasteiger partial charge in [-0.2, -0.15) is 0 Å². The average Bonchev–Trinajstić information content (AvgIpc) is 2.87. The SMILES string of the molecule is CCN1C(=O)S[C@H](Cc2cc(Cl)c(OCc3cccc(F)c3)c(Cl)c2)C1=O. The van der Waals surface area contributed by atoms with Crippen molar-refractivity contribution in [1.82, 2.24) is 4.90 Å². The monoisotopic (exact) mass is 427 g/mol. The Balaban J connectivity index is 1.71. The van der Waals surface area contributed by atoms with Crippen LogP contribution < -0.4 is 4.74 Å². The Hall–Kier alpha value is -1.76. The number of thioether (sulfide) groups is 1. The lowest BCUT2D eigenvalue weighted by atomic mass is 10.1. The van der Waals surface area contributed by atoms with Gasteiger partial charge in [0.05, 0.1) is 15.3 Å². The molecule has 8 heteroatoms. The largest absolute Gasteiger partial charge is 0.486 e. The zero-order valence-electron chi connectivity index (χ0n) is 14.4. The van der Waals surface area contributed by atoms with Crippen molar-refractivity contribution in [2.24, 2.45) is 0 Å². The Morgan fingerprint density at radius 2 is 1.85 bits per heavy atom. The van der Waals surface area contributed by atoms with E-state index in [1.165, 1.54) is 17.0 Å². The van der Waals surface area contributed by atoms with Crippen LogP contribution in [0.15, 0.2) is 36.4 Å². The standard InChI is InChI=1S/C19H16Cl2FNO3S/c1-2-23-18(24)16(27-19(23)25)9-12-7-14(20)17(15(21)8-12)26-10-11-4-3-5-13(22)6-11/h3-8,16H,2,9-10H2,1H3/t16-/m1/s1. The number of halogens is 3. The molecule has 1 atom stereocenters. The normalized spacial score (nSPS) is 16.9. The molecule has 142 valence electrons. The van der Waals surface area contributed by atoms with E-state index in [4.69, 9.17) is 27.9 Å². The predicted octanol–water partition coefficient (Wildman–Crippen LogP) is 5.34. The highest BCUT2D eigenvalue weighted by molar-refractivity contribution is 8.15. The molecule has 0 N–H and O–H groups in total. The molecule has 0 aromatic heterocycles. The molecule has 1 aliphatic heterocycles. The maximum Gasteiger partial charge on any atom is 0.289 e. The van der Waals surface area contributed by atoms with Crippen LogP contribution in [-0.2, 0) is 17.8 Å². The van der Waals surface area contributed by atoms with Crippen LogP contribution >= 0.6 is 35.0 Å². The van der Waals surface area contributed by atoms with Crippen LogP contribution in [0.4, 0.5) is 9.18 Å². The zero-order chi connectivity index (χ0) is 19.6. The molecule has 2 aromatic carbocycles. The second-order valence-electron chi connectivity index (χ2n) is 5.97. The third kappa shape index (κ3) is 4.57. The summed E-state index contributed by atoms with van der Waals surface area (Å²) in [6.45, 7) is 2.24. The van der Waals surface area contributed by atoms with E-state index in [-0.39, 0.29) is 23.6 Å². The molecule has 2 amide bonds. The van der Waals surface area contributed by atoms with Crippen molar-refractivity contribution >= 4 is 46.1 Å². The topological polar surface area (TPSA) is 46.6 Å². The van der Waals surface area contributed by atoms with Crippen molar-refractivity contribution in [3.8, 4) is 5.75 Å². The highest BCUT2D eigenvalue weighted by atomic mass is 35.5. The van der Waals surface area contributed by atoms with Crippen LogP contribution in [-0.4, -0.2) is 27.8 Å². The summed E-state index contributed by atoms with van der Waals surface area (Å²) in [4.78, 5) is 25.3. The number of hydrogen-bond acceptors (Lipinski definition) is 4. The van der Waals surface area contributed by atoms with E-state index in [2.05, 4.69) is 0 Å². The lowest BCUT2D eigenvalue weighted by Crippen LogP contribution is -2.31. The van der Waals surface area contributed by atoms with E-state index in [0.29, 0.717) is 34.3 Å². The van der Waals surface area contributed by atoms with Crippen LogP contribution in [0.25, 0.3) is 0 Å². The number of rotatable bonds is 6. The summed E-state index contributed by atoms with van der Waals surface area (Å²) in [6, 6.07) is 9.39. The molecule has 0 aliphatic carbocycles. The van der Waals surface area contributed by atoms with E-state index in [0.717, 1.165) is 17.3 Å². The Morgan fingerprint density at radius 3 is 2.44 bits per heavy atom. The summed E-state index contributed by atoms with van der Waals surface area (Å²) in [5, 5.41) is -0.130. The van der Waals surface area contributed by atoms with Gasteiger partial charge in [0.1, 0.15) is 12.4 Å². The van der Waals surface area contributed by atoms with E-state index in [1.807, 2.05) is 0 Å². The van der Waals surface area contributed by atoms with Gasteiger partial charge in [-0.15, -0.1) is 0 Å². The minimum Gasteiger partial charge on any atom is -0.486 e. The quantitative estimate of drug-likeness (QED) is 0.624. The molecule has 1 saturated heterocycles. The van der Waals surface area contributed by atoms with Crippen LogP contribution in [0, 0.1) is 5.82 Å². The number of carbonyl (C=O) groups is 2. The molecule has 0 spiro atoms. The molecule has 2 aromatic rings. The Morgan fingerprint density at radius 1 is 1.15 bits per heavy atom. The third-order valence-corrected chi connectivity index (χ3v) is 5.71. The second kappa shape index (κ2) is 8.50. The molecule has 0 unspecified atom stereocenters. The van der Waals surface area contributed by atoms with Gasteiger partial charge >= 0.3 is 0 Å². The summed E-state index contributed by atoms with van der Waals surface area (Å²) < 4.78 is 18.9. The van der Waals surface area contributed by atoms with Gasteiger partial charge in [0.15, 0.2) is 5.75 Å². The van der Waals surface area contributed by atoms with Gasteiger partial charge in [-0.25, -0.2) is 4.39 Å². The molecule has 0 radical (unpaired) electrons. The zero-order valence-corrected chi connectivity index (χ0v) is 16.7. The number of hydrogen-bond donors (Lipinski definition) is 0. The molecular formula is C19H16Cl2FNO3S. The summed E-state index contributed by atoms with van der Waals surface area (Å²) in [5.74, 6) is -0.257. The van der Waals surface area contributed by atoms with Crippen molar-refractivity contribution in [1.29, 1.82) is 0 Å². The number of carbonyl (C=O) groups excluding carboxylic acids is 2. The van der Waals surface area contributed by atoms with Gasteiger partial charge in [-0.1, -0.05) is 47.1 Å². The lowest BCUT2D eigenvalue weighted by molar-refractivity contribution is -0.126. The predicted molar refractivity (Wildman–Crippen MR) is 105 cm³/mol. The average molecular weight is 428 g/mol. The minimum atomic E-state index is -0.483. The van der Waals surface area contributed by atoms with E-state index in [1.54, 1.807) is 31.2 Å². The van der Waals surface area contributed by atoms with Gasteiger partial charge in [-0.3, -0.25) is 14.5 Å². The van der Waals surface area contributed by atoms with Gasteiger partial charge < -0.3 is 4.74 Å². The molecular weight excluding hydrogens is 412 g/mol. The van der Waals surface area contributed by atoms with E-state index < -0.39 is 5.25 Å². The summed E-state index contributed by atoms with van der Waals surface area (Å²) in [6.07, 6.45) is 0.343. The maximum atomic E-state index is 13.2. The highest BCUT2D eigenvalue weighted by Gasteiger charge is 2.38. The van der Waals surface area contributed by atoms with Crippen LogP contribution in [0.2, 0.25) is 10.0 Å². The minimum absolute atomic E-state index is 0.119. The van der Waals surface area contributed by atoms with Crippen LogP contribution in [0.5, 0.6) is 5.75 Å². The van der Waals surface area contributed by atoms with Gasteiger partial charge in [0, 0.05) is 6.54 Å². The number of ether oxygens (including phenoxy) is 1. The van der Waals surface area contributed by atoms with Crippen LogP contribution in [0.1, 0.15) is 18.1 Å². The highest BCUT2D eigenvalue weighted by Crippen LogP contribution is 2.37. The molecule has 1 heterocycles. The number of nitrogens with zero attached hydrogens (tertiary/aromatic N) is 1. The fourth-order valence-corrected chi connectivity index (χ4v) is 4.51. The molecule has 0 saturated carbocycles. The summed E-state index contributed by atoms with van der Waals surface area (Å²) in [7, 11) is 0. The first-order valence-corrected chi connectivity index (χ1v) is 9.89. The summed E-state index contributed by atoms with van der Waals surface area (Å²) in [5.41, 5.74) is 1.39. The molecule has 4 nitrogen and oxygen atoms in total. The van der Waals surface area contributed by atoms with Crippen molar-refractivity contribution < 1.29 is 18.7 Å². The maximum absolute atomic E-state index is 13.2. The smallest absolute Gasteiger partial charge is 0.289 e. The van der Waals surface area contributed by atoms with Crippen molar-refractivity contribution in [2.45, 2.75) is 25.2 Å². The number of imide groups is 1. The molecule has 0 bridgehead atoms. The second-order valence-corrected chi connectivity index (χ2v) is 7.93. The van der Waals surface area contributed by atoms with E-state index in [9.17, 15) is 14.0 Å². The van der Waals surface area contributed by atoms with E-state index >= 15 is 0 Å². The van der Waals surface area contributed by atoms with Crippen molar-refractivity contribution in [3.05, 3.63) is 63.4 Å². The Kier molecular flexibility index (Phi) is 6.29. The first-order valence-electron chi connectivity index (χ1n) is 8.26. The molecule has 3 rings (SSSR count). The first kappa shape index (κ1) is 20.0. The summed E-state index contributed by atoms with van der Waals surface area (Å²) >= 11 is 13.6. The third-order valence-electron chi connectivity index (χ3n) is 4.07. The van der Waals surface area contributed by atoms with Crippen molar-refractivity contribution in [2.75, 3.05) is 6.54 Å².